The fraction of sp³-hybridized carbons (Fsp3) is 0.0500. The van der Waals surface area contributed by atoms with Crippen LogP contribution in [-0.4, -0.2) is 20.0 Å². The molecule has 2 aromatic heterocycles. The third kappa shape index (κ3) is 2.82. The molecule has 2 heterocycles. The molecule has 0 aliphatic carbocycles. The van der Waals surface area contributed by atoms with Crippen LogP contribution in [0.5, 0.6) is 0 Å². The Balaban J connectivity index is 1.52. The number of thiazole rings is 1. The molecule has 8 heteroatoms. The van der Waals surface area contributed by atoms with Gasteiger partial charge in [-0.25, -0.2) is 9.67 Å². The van der Waals surface area contributed by atoms with E-state index in [4.69, 9.17) is 0 Å². The van der Waals surface area contributed by atoms with Gasteiger partial charge in [0.15, 0.2) is 0 Å². The van der Waals surface area contributed by atoms with Crippen LogP contribution in [-0.2, 0) is 6.18 Å². The zero-order chi connectivity index (χ0) is 19.3. The van der Waals surface area contributed by atoms with Gasteiger partial charge in [-0.2, -0.15) is 13.2 Å². The van der Waals surface area contributed by atoms with Gasteiger partial charge in [-0.3, -0.25) is 0 Å². The number of fused-ring (bicyclic) bond motifs is 2. The van der Waals surface area contributed by atoms with Crippen LogP contribution in [0, 0.1) is 0 Å². The van der Waals surface area contributed by atoms with E-state index in [0.29, 0.717) is 15.2 Å². The van der Waals surface area contributed by atoms with Crippen molar-refractivity contribution in [3.8, 4) is 16.3 Å². The molecule has 4 nitrogen and oxygen atoms in total. The van der Waals surface area contributed by atoms with Crippen LogP contribution in [0.15, 0.2) is 66.7 Å². The first-order valence-electron chi connectivity index (χ1n) is 8.38. The lowest BCUT2D eigenvalue weighted by Gasteiger charge is -2.04. The number of rotatable bonds is 2. The van der Waals surface area contributed by atoms with Gasteiger partial charge < -0.3 is 0 Å². The quantitative estimate of drug-likeness (QED) is 0.384. The monoisotopic (exact) mass is 396 g/mol. The molecule has 0 bridgehead atoms. The summed E-state index contributed by atoms with van der Waals surface area (Å²) in [5.74, 6) is 0. The van der Waals surface area contributed by atoms with Gasteiger partial charge in [0, 0.05) is 5.56 Å². The van der Waals surface area contributed by atoms with E-state index in [1.54, 1.807) is 4.68 Å². The summed E-state index contributed by atoms with van der Waals surface area (Å²) in [6.07, 6.45) is -4.36. The van der Waals surface area contributed by atoms with Gasteiger partial charge in [0.25, 0.3) is 0 Å². The average Bonchev–Trinajstić information content (AvgIpc) is 3.31. The summed E-state index contributed by atoms with van der Waals surface area (Å²) in [5, 5.41) is 9.00. The van der Waals surface area contributed by atoms with E-state index < -0.39 is 11.7 Å². The minimum Gasteiger partial charge on any atom is -0.236 e. The van der Waals surface area contributed by atoms with Gasteiger partial charge in [0.1, 0.15) is 10.5 Å². The van der Waals surface area contributed by atoms with Crippen LogP contribution >= 0.6 is 11.3 Å². The van der Waals surface area contributed by atoms with E-state index in [1.165, 1.54) is 17.4 Å². The van der Waals surface area contributed by atoms with Crippen molar-refractivity contribution in [2.24, 2.45) is 0 Å². The molecule has 0 atom stereocenters. The number of para-hydroxylation sites is 1. The van der Waals surface area contributed by atoms with Crippen LogP contribution in [0.2, 0.25) is 0 Å². The normalized spacial score (nSPS) is 12.1. The Kier molecular flexibility index (Phi) is 3.70. The fourth-order valence-electron chi connectivity index (χ4n) is 3.03. The second-order valence-electron chi connectivity index (χ2n) is 6.24. The van der Waals surface area contributed by atoms with Crippen LogP contribution in [0.1, 0.15) is 5.56 Å². The lowest BCUT2D eigenvalue weighted by Crippen LogP contribution is -2.03. The van der Waals surface area contributed by atoms with Crippen LogP contribution in [0.3, 0.4) is 0 Å². The molecule has 5 rings (SSSR count). The van der Waals surface area contributed by atoms with Crippen molar-refractivity contribution in [1.29, 1.82) is 0 Å². The number of alkyl halides is 3. The molecule has 0 aliphatic rings. The summed E-state index contributed by atoms with van der Waals surface area (Å²) in [4.78, 5) is 4.46. The molecule has 0 spiro atoms. The second kappa shape index (κ2) is 6.13. The predicted octanol–water partition coefficient (Wildman–Crippen LogP) is 5.72. The third-order valence-corrected chi connectivity index (χ3v) is 5.49. The molecule has 0 unspecified atom stereocenters. The first-order chi connectivity index (χ1) is 13.5. The van der Waals surface area contributed by atoms with Crippen molar-refractivity contribution in [1.82, 2.24) is 20.0 Å². The first kappa shape index (κ1) is 16.9. The van der Waals surface area contributed by atoms with Crippen molar-refractivity contribution in [3.05, 3.63) is 72.3 Å². The molecular weight excluding hydrogens is 385 g/mol. The molecule has 0 aliphatic heterocycles. The number of halogens is 3. The lowest BCUT2D eigenvalue weighted by atomic mass is 10.2. The molecule has 5 aromatic rings. The number of hydrogen-bond acceptors (Lipinski definition) is 4. The van der Waals surface area contributed by atoms with Gasteiger partial charge in [-0.15, -0.1) is 16.4 Å². The van der Waals surface area contributed by atoms with E-state index in [1.807, 2.05) is 48.5 Å². The number of hydrogen-bond donors (Lipinski definition) is 0. The van der Waals surface area contributed by atoms with Gasteiger partial charge in [0.05, 0.1) is 27.0 Å². The van der Waals surface area contributed by atoms with Crippen molar-refractivity contribution in [3.63, 3.8) is 0 Å². The highest BCUT2D eigenvalue weighted by atomic mass is 32.1. The first-order valence-corrected chi connectivity index (χ1v) is 9.20. The van der Waals surface area contributed by atoms with Gasteiger partial charge in [0.2, 0.25) is 0 Å². The van der Waals surface area contributed by atoms with Crippen LogP contribution in [0.25, 0.3) is 37.5 Å². The molecule has 0 N–H and O–H groups in total. The lowest BCUT2D eigenvalue weighted by molar-refractivity contribution is -0.137. The van der Waals surface area contributed by atoms with E-state index >= 15 is 0 Å². The van der Waals surface area contributed by atoms with Crippen molar-refractivity contribution in [2.75, 3.05) is 0 Å². The summed E-state index contributed by atoms with van der Waals surface area (Å²) < 4.78 is 41.0. The topological polar surface area (TPSA) is 43.6 Å². The minimum absolute atomic E-state index is 0.510. The third-order valence-electron chi connectivity index (χ3n) is 4.43. The fourth-order valence-corrected chi connectivity index (χ4v) is 4.04. The second-order valence-corrected chi connectivity index (χ2v) is 7.27. The van der Waals surface area contributed by atoms with Crippen molar-refractivity contribution in [2.45, 2.75) is 6.18 Å². The summed E-state index contributed by atoms with van der Waals surface area (Å²) in [5.41, 5.74) is 3.27. The summed E-state index contributed by atoms with van der Waals surface area (Å²) >= 11 is 1.24. The summed E-state index contributed by atoms with van der Waals surface area (Å²) in [6.45, 7) is 0. The number of nitrogens with zero attached hydrogens (tertiary/aromatic N) is 4. The largest absolute Gasteiger partial charge is 0.416 e. The average molecular weight is 396 g/mol. The van der Waals surface area contributed by atoms with Crippen molar-refractivity contribution < 1.29 is 13.2 Å². The highest BCUT2D eigenvalue weighted by Gasteiger charge is 2.30. The maximum Gasteiger partial charge on any atom is 0.416 e. The number of benzene rings is 3. The molecule has 0 saturated heterocycles. The Morgan fingerprint density at radius 1 is 0.857 bits per heavy atom. The molecule has 138 valence electrons. The van der Waals surface area contributed by atoms with E-state index in [9.17, 15) is 13.2 Å². The van der Waals surface area contributed by atoms with E-state index in [-0.39, 0.29) is 0 Å². The Labute approximate surface area is 160 Å². The standard InChI is InChI=1S/C20H11F3N4S/c21-20(22,23)13-7-10-16-18(11-13)28-19(24-16)12-5-8-14(9-6-12)27-17-4-2-1-3-15(17)25-26-27/h1-11H. The number of aromatic nitrogens is 4. The van der Waals surface area contributed by atoms with Gasteiger partial charge in [-0.05, 0) is 54.6 Å². The van der Waals surface area contributed by atoms with Crippen LogP contribution < -0.4 is 0 Å². The zero-order valence-electron chi connectivity index (χ0n) is 14.2. The Morgan fingerprint density at radius 2 is 1.64 bits per heavy atom. The minimum atomic E-state index is -4.36. The highest BCUT2D eigenvalue weighted by Crippen LogP contribution is 2.35. The molecule has 0 amide bonds. The molecule has 28 heavy (non-hydrogen) atoms. The molecule has 0 fully saturated rings. The predicted molar refractivity (Wildman–Crippen MR) is 102 cm³/mol. The smallest absolute Gasteiger partial charge is 0.236 e. The Hall–Kier alpha value is -3.26. The van der Waals surface area contributed by atoms with Crippen molar-refractivity contribution >= 4 is 32.6 Å². The molecule has 3 aromatic carbocycles. The highest BCUT2D eigenvalue weighted by molar-refractivity contribution is 7.21. The molecule has 0 saturated carbocycles. The molecular formula is C20H11F3N4S. The summed E-state index contributed by atoms with van der Waals surface area (Å²) in [6, 6.07) is 18.8. The van der Waals surface area contributed by atoms with E-state index in [0.717, 1.165) is 34.4 Å². The van der Waals surface area contributed by atoms with Gasteiger partial charge >= 0.3 is 6.18 Å². The maximum atomic E-state index is 12.9. The molecule has 0 radical (unpaired) electrons. The van der Waals surface area contributed by atoms with Gasteiger partial charge in [-0.1, -0.05) is 17.3 Å². The Morgan fingerprint density at radius 3 is 2.43 bits per heavy atom. The van der Waals surface area contributed by atoms with E-state index in [2.05, 4.69) is 15.3 Å². The Bertz CT molecular complexity index is 1300. The summed E-state index contributed by atoms with van der Waals surface area (Å²) in [7, 11) is 0. The van der Waals surface area contributed by atoms with Crippen LogP contribution in [0.4, 0.5) is 13.2 Å². The SMILES string of the molecule is FC(F)(F)c1ccc2nc(-c3ccc(-n4nnc5ccccc54)cc3)sc2c1. The maximum absolute atomic E-state index is 12.9. The zero-order valence-corrected chi connectivity index (χ0v) is 15.0.